The van der Waals surface area contributed by atoms with E-state index in [4.69, 9.17) is 16.9 Å². The fraction of sp³-hybridized carbons (Fsp3) is 0.0417. The molecule has 3 aromatic rings. The van der Waals surface area contributed by atoms with Crippen LogP contribution >= 0.6 is 11.6 Å². The van der Waals surface area contributed by atoms with E-state index in [0.29, 0.717) is 27.5 Å². The summed E-state index contributed by atoms with van der Waals surface area (Å²) in [6.07, 6.45) is 0. The molecule has 1 aliphatic heterocycles. The van der Waals surface area contributed by atoms with Gasteiger partial charge in [0.25, 0.3) is 11.8 Å². The van der Waals surface area contributed by atoms with Crippen LogP contribution in [0, 0.1) is 18.3 Å². The number of anilines is 2. The van der Waals surface area contributed by atoms with Crippen LogP contribution in [-0.2, 0) is 9.59 Å². The number of nitrogens with zero attached hydrogens (tertiary/aromatic N) is 2. The molecule has 0 saturated carbocycles. The molecule has 2 amide bonds. The highest BCUT2D eigenvalue weighted by Crippen LogP contribution is 2.34. The summed E-state index contributed by atoms with van der Waals surface area (Å²) in [4.78, 5) is 27.7. The molecule has 1 heterocycles. The smallest absolute Gasteiger partial charge is 0.282 e. The second-order valence-corrected chi connectivity index (χ2v) is 7.22. The molecule has 0 saturated heterocycles. The van der Waals surface area contributed by atoms with Gasteiger partial charge in [-0.05, 0) is 54.4 Å². The molecular weight excluding hydrogens is 398 g/mol. The summed E-state index contributed by atoms with van der Waals surface area (Å²) >= 11 is 6.23. The molecule has 1 aliphatic rings. The minimum Gasteiger partial charge on any atom is -0.350 e. The maximum atomic E-state index is 13.3. The van der Waals surface area contributed by atoms with Gasteiger partial charge in [0, 0.05) is 10.7 Å². The number of aryl methyl sites for hydroxylation is 1. The monoisotopic (exact) mass is 413 g/mol. The van der Waals surface area contributed by atoms with E-state index in [2.05, 4.69) is 5.32 Å². The van der Waals surface area contributed by atoms with E-state index in [-0.39, 0.29) is 11.3 Å². The van der Waals surface area contributed by atoms with Crippen LogP contribution in [0.5, 0.6) is 0 Å². The average Bonchev–Trinajstić information content (AvgIpc) is 3.01. The Kier molecular flexibility index (Phi) is 5.09. The minimum atomic E-state index is -0.472. The van der Waals surface area contributed by atoms with E-state index in [1.807, 2.05) is 37.3 Å². The minimum absolute atomic E-state index is 0.176. The second-order valence-electron chi connectivity index (χ2n) is 6.81. The molecule has 30 heavy (non-hydrogen) atoms. The number of hydrogen-bond acceptors (Lipinski definition) is 4. The summed E-state index contributed by atoms with van der Waals surface area (Å²) in [6.45, 7) is 1.89. The predicted molar refractivity (Wildman–Crippen MR) is 117 cm³/mol. The Morgan fingerprint density at radius 2 is 1.63 bits per heavy atom. The van der Waals surface area contributed by atoms with Crippen LogP contribution in [0.1, 0.15) is 16.7 Å². The predicted octanol–water partition coefficient (Wildman–Crippen LogP) is 4.92. The summed E-state index contributed by atoms with van der Waals surface area (Å²) in [7, 11) is 0. The highest BCUT2D eigenvalue weighted by molar-refractivity contribution is 6.46. The lowest BCUT2D eigenvalue weighted by molar-refractivity contribution is -0.120. The Morgan fingerprint density at radius 1 is 0.933 bits per heavy atom. The third kappa shape index (κ3) is 3.45. The zero-order chi connectivity index (χ0) is 21.3. The van der Waals surface area contributed by atoms with Gasteiger partial charge in [0.15, 0.2) is 0 Å². The first-order chi connectivity index (χ1) is 14.5. The number of carbonyl (C=O) groups excluding carboxylic acids is 2. The van der Waals surface area contributed by atoms with Gasteiger partial charge in [0.1, 0.15) is 5.70 Å². The van der Waals surface area contributed by atoms with Crippen molar-refractivity contribution in [3.8, 4) is 6.07 Å². The summed E-state index contributed by atoms with van der Waals surface area (Å²) in [5.41, 5.74) is 3.45. The number of nitrogens with one attached hydrogen (secondary N) is 1. The van der Waals surface area contributed by atoms with E-state index < -0.39 is 11.8 Å². The summed E-state index contributed by atoms with van der Waals surface area (Å²) in [6, 6.07) is 22.7. The largest absolute Gasteiger partial charge is 0.350 e. The Balaban J connectivity index is 1.80. The molecule has 146 valence electrons. The van der Waals surface area contributed by atoms with Crippen LogP contribution < -0.4 is 10.2 Å². The number of nitriles is 1. The summed E-state index contributed by atoms with van der Waals surface area (Å²) < 4.78 is 0. The molecule has 0 aliphatic carbocycles. The molecule has 6 heteroatoms. The van der Waals surface area contributed by atoms with Crippen molar-refractivity contribution in [2.45, 2.75) is 6.92 Å². The van der Waals surface area contributed by atoms with E-state index in [1.165, 1.54) is 0 Å². The Labute approximate surface area is 178 Å². The van der Waals surface area contributed by atoms with Crippen molar-refractivity contribution in [3.63, 3.8) is 0 Å². The van der Waals surface area contributed by atoms with Gasteiger partial charge in [-0.15, -0.1) is 0 Å². The van der Waals surface area contributed by atoms with Gasteiger partial charge in [0.05, 0.1) is 22.9 Å². The van der Waals surface area contributed by atoms with Crippen molar-refractivity contribution in [2.75, 3.05) is 10.2 Å². The lowest BCUT2D eigenvalue weighted by Gasteiger charge is -2.15. The molecule has 5 nitrogen and oxygen atoms in total. The highest BCUT2D eigenvalue weighted by atomic mass is 35.5. The van der Waals surface area contributed by atoms with Gasteiger partial charge >= 0.3 is 0 Å². The number of carbonyl (C=O) groups is 2. The fourth-order valence-corrected chi connectivity index (χ4v) is 3.43. The molecule has 0 spiro atoms. The zero-order valence-corrected chi connectivity index (χ0v) is 16.8. The molecule has 3 aromatic carbocycles. The normalized spacial score (nSPS) is 13.6. The Bertz CT molecular complexity index is 1230. The highest BCUT2D eigenvalue weighted by Gasteiger charge is 2.40. The molecular formula is C24H16ClN3O2. The van der Waals surface area contributed by atoms with Gasteiger partial charge in [-0.2, -0.15) is 5.26 Å². The lowest BCUT2D eigenvalue weighted by Crippen LogP contribution is -2.32. The molecule has 0 bridgehead atoms. The zero-order valence-electron chi connectivity index (χ0n) is 16.0. The fourth-order valence-electron chi connectivity index (χ4n) is 3.25. The molecule has 0 radical (unpaired) electrons. The SMILES string of the molecule is Cc1ccc(NC2=C(c3ccccc3)C(=O)N(c3ccc(C#N)cc3)C2=O)cc1Cl. The van der Waals surface area contributed by atoms with E-state index in [0.717, 1.165) is 10.5 Å². The van der Waals surface area contributed by atoms with Crippen molar-refractivity contribution < 1.29 is 9.59 Å². The first kappa shape index (κ1) is 19.4. The Morgan fingerprint density at radius 3 is 2.27 bits per heavy atom. The van der Waals surface area contributed by atoms with E-state index in [1.54, 1.807) is 48.5 Å². The lowest BCUT2D eigenvalue weighted by atomic mass is 10.0. The second kappa shape index (κ2) is 7.86. The molecule has 0 unspecified atom stereocenters. The molecule has 0 fully saturated rings. The van der Waals surface area contributed by atoms with E-state index in [9.17, 15) is 9.59 Å². The Hall–Kier alpha value is -3.88. The third-order valence-electron chi connectivity index (χ3n) is 4.84. The third-order valence-corrected chi connectivity index (χ3v) is 5.25. The number of hydrogen-bond donors (Lipinski definition) is 1. The van der Waals surface area contributed by atoms with Crippen LogP contribution in [0.4, 0.5) is 11.4 Å². The standard InChI is InChI=1S/C24H16ClN3O2/c1-15-7-10-18(13-20(15)25)27-22-21(17-5-3-2-4-6-17)23(29)28(24(22)30)19-11-8-16(14-26)9-12-19/h2-13,27H,1H3. The van der Waals surface area contributed by atoms with Crippen LogP contribution in [0.3, 0.4) is 0 Å². The maximum Gasteiger partial charge on any atom is 0.282 e. The number of rotatable bonds is 4. The molecule has 0 aromatic heterocycles. The van der Waals surface area contributed by atoms with E-state index >= 15 is 0 Å². The van der Waals surface area contributed by atoms with Crippen molar-refractivity contribution in [1.29, 1.82) is 5.26 Å². The van der Waals surface area contributed by atoms with Crippen molar-refractivity contribution in [2.24, 2.45) is 0 Å². The van der Waals surface area contributed by atoms with Crippen LogP contribution in [0.2, 0.25) is 5.02 Å². The number of imide groups is 1. The number of halogens is 1. The van der Waals surface area contributed by atoms with Gasteiger partial charge < -0.3 is 5.32 Å². The van der Waals surface area contributed by atoms with Crippen molar-refractivity contribution >= 4 is 40.4 Å². The van der Waals surface area contributed by atoms with Crippen molar-refractivity contribution in [1.82, 2.24) is 0 Å². The average molecular weight is 414 g/mol. The van der Waals surface area contributed by atoms with Gasteiger partial charge in [0.2, 0.25) is 0 Å². The number of benzene rings is 3. The van der Waals surface area contributed by atoms with Crippen LogP contribution in [-0.4, -0.2) is 11.8 Å². The summed E-state index contributed by atoms with van der Waals surface area (Å²) in [5.74, 6) is -0.906. The van der Waals surface area contributed by atoms with Gasteiger partial charge in [-0.3, -0.25) is 9.59 Å². The molecule has 0 atom stereocenters. The first-order valence-corrected chi connectivity index (χ1v) is 9.59. The topological polar surface area (TPSA) is 73.2 Å². The first-order valence-electron chi connectivity index (χ1n) is 9.21. The van der Waals surface area contributed by atoms with Gasteiger partial charge in [-0.1, -0.05) is 48.0 Å². The maximum absolute atomic E-state index is 13.3. The molecule has 1 N–H and O–H groups in total. The van der Waals surface area contributed by atoms with Gasteiger partial charge in [-0.25, -0.2) is 4.90 Å². The van der Waals surface area contributed by atoms with Crippen LogP contribution in [0.15, 0.2) is 78.5 Å². The summed E-state index contributed by atoms with van der Waals surface area (Å²) in [5, 5.41) is 12.7. The quantitative estimate of drug-likeness (QED) is 0.616. The van der Waals surface area contributed by atoms with Crippen LogP contribution in [0.25, 0.3) is 5.57 Å². The molecule has 4 rings (SSSR count). The van der Waals surface area contributed by atoms with Crippen molar-refractivity contribution in [3.05, 3.63) is 100 Å². The number of amides is 2.